The summed E-state index contributed by atoms with van der Waals surface area (Å²) < 4.78 is 4.55. The van der Waals surface area contributed by atoms with Crippen LogP contribution in [0.3, 0.4) is 0 Å². The third-order valence-corrected chi connectivity index (χ3v) is 1.77. The molecule has 14 heavy (non-hydrogen) atoms. The Morgan fingerprint density at radius 1 is 1.64 bits per heavy atom. The molecule has 1 aromatic rings. The van der Waals surface area contributed by atoms with Crippen molar-refractivity contribution in [1.82, 2.24) is 4.98 Å². The molecular weight excluding hydrogens is 180 g/mol. The Morgan fingerprint density at radius 3 is 2.93 bits per heavy atom. The van der Waals surface area contributed by atoms with Crippen LogP contribution < -0.4 is 5.73 Å². The van der Waals surface area contributed by atoms with E-state index < -0.39 is 0 Å². The van der Waals surface area contributed by atoms with Crippen LogP contribution in [0.5, 0.6) is 0 Å². The van der Waals surface area contributed by atoms with Crippen molar-refractivity contribution in [3.63, 3.8) is 0 Å². The maximum Gasteiger partial charge on any atom is 0.339 e. The Morgan fingerprint density at radius 2 is 2.43 bits per heavy atom. The molecule has 0 unspecified atom stereocenters. The van der Waals surface area contributed by atoms with Crippen LogP contribution in [0.15, 0.2) is 18.3 Å². The molecule has 2 N–H and O–H groups in total. The van der Waals surface area contributed by atoms with Crippen molar-refractivity contribution in [3.05, 3.63) is 36.0 Å². The molecule has 0 aliphatic carbocycles. The molecule has 4 nitrogen and oxygen atoms in total. The highest BCUT2D eigenvalue weighted by Gasteiger charge is 2.04. The van der Waals surface area contributed by atoms with Crippen molar-refractivity contribution in [1.29, 1.82) is 0 Å². The monoisotopic (exact) mass is 193 g/mol. The highest BCUT2D eigenvalue weighted by atomic mass is 16.5. The summed E-state index contributed by atoms with van der Waals surface area (Å²) in [6.45, 7) is 0.528. The van der Waals surface area contributed by atoms with Crippen molar-refractivity contribution in [3.8, 4) is 0 Å². The first-order chi connectivity index (χ1) is 6.77. The second kappa shape index (κ2) is 5.34. The number of nitrogens with zero attached hydrogens (tertiary/aromatic N) is 1. The summed E-state index contributed by atoms with van der Waals surface area (Å²) in [6.07, 6.45) is 4.14. The summed E-state index contributed by atoms with van der Waals surface area (Å²) in [5.41, 5.74) is 6.67. The minimum absolute atomic E-state index is 0.369. The quantitative estimate of drug-likeness (QED) is 0.710. The Labute approximate surface area is 83.1 Å². The van der Waals surface area contributed by atoms with Crippen LogP contribution in [0, 0.1) is 6.42 Å². The lowest BCUT2D eigenvalue weighted by Gasteiger charge is -2.00. The normalized spacial score (nSPS) is 9.86. The summed E-state index contributed by atoms with van der Waals surface area (Å²) >= 11 is 0. The number of carbonyl (C=O) groups is 1. The maximum atomic E-state index is 11.0. The van der Waals surface area contributed by atoms with Gasteiger partial charge in [0, 0.05) is 11.9 Å². The summed E-state index contributed by atoms with van der Waals surface area (Å²) in [7, 11) is 1.35. The highest BCUT2D eigenvalue weighted by molar-refractivity contribution is 5.88. The molecule has 1 radical (unpaired) electrons. The number of rotatable bonds is 4. The fourth-order valence-electron chi connectivity index (χ4n) is 1.02. The van der Waals surface area contributed by atoms with Gasteiger partial charge in [0.2, 0.25) is 0 Å². The van der Waals surface area contributed by atoms with Gasteiger partial charge in [-0.1, -0.05) is 0 Å². The molecule has 0 amide bonds. The van der Waals surface area contributed by atoms with Gasteiger partial charge >= 0.3 is 5.97 Å². The van der Waals surface area contributed by atoms with Gasteiger partial charge in [0.05, 0.1) is 12.7 Å². The van der Waals surface area contributed by atoms with E-state index >= 15 is 0 Å². The summed E-state index contributed by atoms with van der Waals surface area (Å²) in [4.78, 5) is 15.1. The van der Waals surface area contributed by atoms with Gasteiger partial charge in [-0.3, -0.25) is 4.98 Å². The number of pyridine rings is 1. The molecule has 0 aliphatic heterocycles. The van der Waals surface area contributed by atoms with Crippen molar-refractivity contribution in [2.24, 2.45) is 5.73 Å². The summed E-state index contributed by atoms with van der Waals surface area (Å²) in [6, 6.07) is 3.48. The number of carbonyl (C=O) groups excluding carboxylic acids is 1. The van der Waals surface area contributed by atoms with E-state index in [9.17, 15) is 4.79 Å². The molecule has 0 bridgehead atoms. The van der Waals surface area contributed by atoms with Gasteiger partial charge in [0.15, 0.2) is 0 Å². The van der Waals surface area contributed by atoms with E-state index in [2.05, 4.69) is 9.72 Å². The zero-order valence-corrected chi connectivity index (χ0v) is 8.06. The molecule has 0 aliphatic rings. The van der Waals surface area contributed by atoms with Gasteiger partial charge in [-0.15, -0.1) is 0 Å². The van der Waals surface area contributed by atoms with Crippen molar-refractivity contribution in [2.45, 2.75) is 6.42 Å². The fraction of sp³-hybridized carbons (Fsp3) is 0.300. The number of aromatic nitrogens is 1. The van der Waals surface area contributed by atoms with Crippen LogP contribution in [0.2, 0.25) is 0 Å². The van der Waals surface area contributed by atoms with Gasteiger partial charge < -0.3 is 10.5 Å². The molecule has 1 aromatic heterocycles. The van der Waals surface area contributed by atoms with Gasteiger partial charge in [0.1, 0.15) is 0 Å². The number of ether oxygens (including phenoxy) is 1. The van der Waals surface area contributed by atoms with Crippen molar-refractivity contribution < 1.29 is 9.53 Å². The molecule has 0 aromatic carbocycles. The van der Waals surface area contributed by atoms with E-state index in [4.69, 9.17) is 5.73 Å². The first kappa shape index (κ1) is 10.7. The van der Waals surface area contributed by atoms with Crippen LogP contribution in [0.4, 0.5) is 0 Å². The molecule has 0 spiro atoms. The molecule has 1 rings (SSSR count). The SMILES string of the molecule is COC(=O)c1ccc(C[CH]CN)nc1. The van der Waals surface area contributed by atoms with E-state index in [-0.39, 0.29) is 5.97 Å². The Bertz CT molecular complexity index is 295. The van der Waals surface area contributed by atoms with E-state index in [0.717, 1.165) is 12.1 Å². The van der Waals surface area contributed by atoms with Crippen LogP contribution in [0.1, 0.15) is 16.1 Å². The molecule has 1 heterocycles. The Balaban J connectivity index is 2.63. The number of nitrogens with two attached hydrogens (primary N) is 1. The highest BCUT2D eigenvalue weighted by Crippen LogP contribution is 2.03. The zero-order valence-electron chi connectivity index (χ0n) is 8.06. The van der Waals surface area contributed by atoms with Gasteiger partial charge in [0.25, 0.3) is 0 Å². The van der Waals surface area contributed by atoms with Crippen molar-refractivity contribution >= 4 is 5.97 Å². The van der Waals surface area contributed by atoms with Crippen LogP contribution >= 0.6 is 0 Å². The second-order valence-corrected chi connectivity index (χ2v) is 2.76. The average molecular weight is 193 g/mol. The topological polar surface area (TPSA) is 65.2 Å². The largest absolute Gasteiger partial charge is 0.465 e. The third kappa shape index (κ3) is 2.81. The van der Waals surface area contributed by atoms with Gasteiger partial charge in [-0.05, 0) is 31.5 Å². The third-order valence-electron chi connectivity index (χ3n) is 1.77. The predicted molar refractivity (Wildman–Crippen MR) is 52.6 cm³/mol. The summed E-state index contributed by atoms with van der Waals surface area (Å²) in [5.74, 6) is -0.369. The van der Waals surface area contributed by atoms with E-state index in [1.807, 2.05) is 6.42 Å². The molecule has 75 valence electrons. The lowest BCUT2D eigenvalue weighted by atomic mass is 10.2. The number of esters is 1. The fourth-order valence-corrected chi connectivity index (χ4v) is 1.02. The van der Waals surface area contributed by atoms with Crippen LogP contribution in [-0.4, -0.2) is 24.6 Å². The number of hydrogen-bond acceptors (Lipinski definition) is 4. The predicted octanol–water partition coefficient (Wildman–Crippen LogP) is 0.574. The molecule has 4 heteroatoms. The number of hydrogen-bond donors (Lipinski definition) is 1. The smallest absolute Gasteiger partial charge is 0.339 e. The van der Waals surface area contributed by atoms with E-state index in [1.165, 1.54) is 13.3 Å². The molecule has 0 saturated carbocycles. The first-order valence-corrected chi connectivity index (χ1v) is 4.33. The lowest BCUT2D eigenvalue weighted by molar-refractivity contribution is 0.0600. The zero-order chi connectivity index (χ0) is 10.4. The molecule has 0 saturated heterocycles. The van der Waals surface area contributed by atoms with E-state index in [1.54, 1.807) is 12.1 Å². The molecule has 0 atom stereocenters. The average Bonchev–Trinajstić information content (AvgIpc) is 2.26. The minimum atomic E-state index is -0.369. The summed E-state index contributed by atoms with van der Waals surface area (Å²) in [5, 5.41) is 0. The van der Waals surface area contributed by atoms with Crippen molar-refractivity contribution in [2.75, 3.05) is 13.7 Å². The van der Waals surface area contributed by atoms with Gasteiger partial charge in [-0.2, -0.15) is 0 Å². The Hall–Kier alpha value is -1.42. The second-order valence-electron chi connectivity index (χ2n) is 2.76. The van der Waals surface area contributed by atoms with E-state index in [0.29, 0.717) is 12.1 Å². The molecular formula is C10H13N2O2. The maximum absolute atomic E-state index is 11.0. The van der Waals surface area contributed by atoms with Crippen LogP contribution in [-0.2, 0) is 11.2 Å². The Kier molecular flexibility index (Phi) is 4.07. The lowest BCUT2D eigenvalue weighted by Crippen LogP contribution is -2.05. The first-order valence-electron chi connectivity index (χ1n) is 4.33. The number of methoxy groups -OCH3 is 1. The van der Waals surface area contributed by atoms with Gasteiger partial charge in [-0.25, -0.2) is 4.79 Å². The molecule has 0 fully saturated rings. The van der Waals surface area contributed by atoms with Crippen LogP contribution in [0.25, 0.3) is 0 Å². The standard InChI is InChI=1S/C10H13N2O2/c1-14-10(13)8-4-5-9(12-7-8)3-2-6-11/h2,4-5,7H,3,6,11H2,1H3. The minimum Gasteiger partial charge on any atom is -0.465 e.